The maximum atomic E-state index is 12.2. The van der Waals surface area contributed by atoms with Crippen LogP contribution in [0.1, 0.15) is 30.0 Å². The monoisotopic (exact) mass is 296 g/mol. The van der Waals surface area contributed by atoms with Crippen LogP contribution in [0.3, 0.4) is 0 Å². The quantitative estimate of drug-likeness (QED) is 0.830. The van der Waals surface area contributed by atoms with Crippen LogP contribution in [-0.2, 0) is 24.2 Å². The van der Waals surface area contributed by atoms with E-state index in [9.17, 15) is 4.79 Å². The number of hydrogen-bond acceptors (Lipinski definition) is 2. The average Bonchev–Trinajstić information content (AvgIpc) is 2.54. The first-order valence-electron chi connectivity index (χ1n) is 7.75. The predicted octanol–water partition coefficient (Wildman–Crippen LogP) is 3.42. The van der Waals surface area contributed by atoms with Gasteiger partial charge in [-0.3, -0.25) is 4.79 Å². The van der Waals surface area contributed by atoms with Gasteiger partial charge in [-0.05, 0) is 35.6 Å². The Bertz CT molecular complexity index is 620. The van der Waals surface area contributed by atoms with E-state index in [1.165, 1.54) is 5.56 Å². The zero-order valence-corrected chi connectivity index (χ0v) is 13.4. The van der Waals surface area contributed by atoms with E-state index in [1.807, 2.05) is 31.3 Å². The Morgan fingerprint density at radius 1 is 1.05 bits per heavy atom. The van der Waals surface area contributed by atoms with Crippen LogP contribution >= 0.6 is 0 Å². The second-order valence-corrected chi connectivity index (χ2v) is 5.62. The first kappa shape index (κ1) is 16.1. The summed E-state index contributed by atoms with van der Waals surface area (Å²) in [4.78, 5) is 14.0. The fourth-order valence-electron chi connectivity index (χ4n) is 2.44. The Labute approximate surface area is 132 Å². The van der Waals surface area contributed by atoms with Crippen molar-refractivity contribution in [1.82, 2.24) is 4.90 Å². The Morgan fingerprint density at radius 2 is 1.68 bits per heavy atom. The van der Waals surface area contributed by atoms with Crippen LogP contribution in [-0.4, -0.2) is 17.9 Å². The molecule has 0 aliphatic carbocycles. The van der Waals surface area contributed by atoms with E-state index in [-0.39, 0.29) is 5.91 Å². The van der Waals surface area contributed by atoms with Crippen molar-refractivity contribution in [3.05, 3.63) is 65.2 Å². The van der Waals surface area contributed by atoms with Crippen LogP contribution in [0.4, 0.5) is 5.69 Å². The molecule has 0 aromatic heterocycles. The van der Waals surface area contributed by atoms with Crippen molar-refractivity contribution < 1.29 is 4.79 Å². The van der Waals surface area contributed by atoms with E-state index in [0.717, 1.165) is 23.2 Å². The van der Waals surface area contributed by atoms with E-state index in [1.54, 1.807) is 4.90 Å². The minimum Gasteiger partial charge on any atom is -0.399 e. The first-order chi connectivity index (χ1) is 10.6. The van der Waals surface area contributed by atoms with E-state index in [2.05, 4.69) is 31.2 Å². The summed E-state index contributed by atoms with van der Waals surface area (Å²) in [7, 11) is 1.85. The molecule has 2 aromatic carbocycles. The molecule has 0 fully saturated rings. The molecule has 0 saturated carbocycles. The van der Waals surface area contributed by atoms with Gasteiger partial charge in [0, 0.05) is 25.7 Å². The minimum atomic E-state index is 0.142. The van der Waals surface area contributed by atoms with Gasteiger partial charge in [0.05, 0.1) is 0 Å². The molecule has 0 aliphatic rings. The molecule has 0 spiro atoms. The molecule has 1 amide bonds. The van der Waals surface area contributed by atoms with Crippen LogP contribution in [0.5, 0.6) is 0 Å². The van der Waals surface area contributed by atoms with Gasteiger partial charge in [0.25, 0.3) is 0 Å². The molecule has 0 heterocycles. The van der Waals surface area contributed by atoms with Crippen LogP contribution < -0.4 is 5.73 Å². The van der Waals surface area contributed by atoms with Gasteiger partial charge in [-0.15, -0.1) is 0 Å². The third-order valence-corrected chi connectivity index (χ3v) is 3.94. The van der Waals surface area contributed by atoms with Crippen molar-refractivity contribution in [1.29, 1.82) is 0 Å². The summed E-state index contributed by atoms with van der Waals surface area (Å²) in [5.41, 5.74) is 10.2. The number of anilines is 1. The predicted molar refractivity (Wildman–Crippen MR) is 91.5 cm³/mol. The molecule has 0 saturated heterocycles. The van der Waals surface area contributed by atoms with Gasteiger partial charge < -0.3 is 10.6 Å². The standard InChI is InChI=1S/C19H24N2O/c1-3-15-8-10-16(11-9-15)14-21(2)19(22)13-12-17-6-4-5-7-18(17)20/h4-11H,3,12-14,20H2,1-2H3. The van der Waals surface area contributed by atoms with E-state index in [4.69, 9.17) is 5.73 Å². The first-order valence-corrected chi connectivity index (χ1v) is 7.75. The van der Waals surface area contributed by atoms with Crippen molar-refractivity contribution in [3.63, 3.8) is 0 Å². The highest BCUT2D eigenvalue weighted by Gasteiger charge is 2.10. The second kappa shape index (κ2) is 7.64. The Morgan fingerprint density at radius 3 is 2.32 bits per heavy atom. The molecule has 2 rings (SSSR count). The molecule has 3 nitrogen and oxygen atoms in total. The normalized spacial score (nSPS) is 10.5. The fraction of sp³-hybridized carbons (Fsp3) is 0.316. The minimum absolute atomic E-state index is 0.142. The third kappa shape index (κ3) is 4.35. The van der Waals surface area contributed by atoms with E-state index in [0.29, 0.717) is 19.4 Å². The van der Waals surface area contributed by atoms with Crippen molar-refractivity contribution in [2.24, 2.45) is 0 Å². The molecule has 0 radical (unpaired) electrons. The maximum Gasteiger partial charge on any atom is 0.222 e. The number of amides is 1. The van der Waals surface area contributed by atoms with Crippen molar-refractivity contribution in [2.75, 3.05) is 12.8 Å². The third-order valence-electron chi connectivity index (χ3n) is 3.94. The summed E-state index contributed by atoms with van der Waals surface area (Å²) < 4.78 is 0. The number of benzene rings is 2. The summed E-state index contributed by atoms with van der Waals surface area (Å²) in [6.07, 6.45) is 2.20. The van der Waals surface area contributed by atoms with Crippen LogP contribution in [0, 0.1) is 0 Å². The Kier molecular flexibility index (Phi) is 5.59. The largest absolute Gasteiger partial charge is 0.399 e. The number of aryl methyl sites for hydroxylation is 2. The lowest BCUT2D eigenvalue weighted by molar-refractivity contribution is -0.130. The lowest BCUT2D eigenvalue weighted by atomic mass is 10.1. The van der Waals surface area contributed by atoms with Crippen LogP contribution in [0.2, 0.25) is 0 Å². The van der Waals surface area contributed by atoms with Gasteiger partial charge >= 0.3 is 0 Å². The highest BCUT2D eigenvalue weighted by Crippen LogP contribution is 2.14. The molecule has 2 N–H and O–H groups in total. The summed E-state index contributed by atoms with van der Waals surface area (Å²) >= 11 is 0. The average molecular weight is 296 g/mol. The number of nitrogens with two attached hydrogens (primary N) is 1. The summed E-state index contributed by atoms with van der Waals surface area (Å²) in [5, 5.41) is 0. The van der Waals surface area contributed by atoms with Gasteiger partial charge in [-0.1, -0.05) is 49.4 Å². The van der Waals surface area contributed by atoms with E-state index < -0.39 is 0 Å². The van der Waals surface area contributed by atoms with Crippen LogP contribution in [0.15, 0.2) is 48.5 Å². The molecule has 116 valence electrons. The number of hydrogen-bond donors (Lipinski definition) is 1. The fourth-order valence-corrected chi connectivity index (χ4v) is 2.44. The summed E-state index contributed by atoms with van der Waals surface area (Å²) in [5.74, 6) is 0.142. The molecule has 0 unspecified atom stereocenters. The lowest BCUT2D eigenvalue weighted by Crippen LogP contribution is -2.26. The Balaban J connectivity index is 1.87. The topological polar surface area (TPSA) is 46.3 Å². The van der Waals surface area contributed by atoms with E-state index >= 15 is 0 Å². The molecular formula is C19H24N2O. The van der Waals surface area contributed by atoms with Gasteiger partial charge in [0.2, 0.25) is 5.91 Å². The SMILES string of the molecule is CCc1ccc(CN(C)C(=O)CCc2ccccc2N)cc1. The molecule has 3 heteroatoms. The molecule has 0 atom stereocenters. The zero-order chi connectivity index (χ0) is 15.9. The highest BCUT2D eigenvalue weighted by atomic mass is 16.2. The number of rotatable bonds is 6. The van der Waals surface area contributed by atoms with Gasteiger partial charge in [0.15, 0.2) is 0 Å². The smallest absolute Gasteiger partial charge is 0.222 e. The van der Waals surface area contributed by atoms with Crippen molar-refractivity contribution in [3.8, 4) is 0 Å². The number of carbonyl (C=O) groups excluding carboxylic acids is 1. The zero-order valence-electron chi connectivity index (χ0n) is 13.4. The highest BCUT2D eigenvalue weighted by molar-refractivity contribution is 5.76. The number of nitrogens with zero attached hydrogens (tertiary/aromatic N) is 1. The Hall–Kier alpha value is -2.29. The lowest BCUT2D eigenvalue weighted by Gasteiger charge is -2.18. The van der Waals surface area contributed by atoms with Gasteiger partial charge in [-0.2, -0.15) is 0 Å². The molecule has 0 aliphatic heterocycles. The molecule has 2 aromatic rings. The maximum absolute atomic E-state index is 12.2. The number of para-hydroxylation sites is 1. The molecule has 22 heavy (non-hydrogen) atoms. The van der Waals surface area contributed by atoms with Crippen molar-refractivity contribution >= 4 is 11.6 Å². The van der Waals surface area contributed by atoms with Crippen molar-refractivity contribution in [2.45, 2.75) is 32.7 Å². The van der Waals surface area contributed by atoms with Crippen LogP contribution in [0.25, 0.3) is 0 Å². The summed E-state index contributed by atoms with van der Waals surface area (Å²) in [6.45, 7) is 2.78. The van der Waals surface area contributed by atoms with Gasteiger partial charge in [-0.25, -0.2) is 0 Å². The summed E-state index contributed by atoms with van der Waals surface area (Å²) in [6, 6.07) is 16.2. The number of nitrogen functional groups attached to an aromatic ring is 1. The molecular weight excluding hydrogens is 272 g/mol. The molecule has 0 bridgehead atoms. The van der Waals surface area contributed by atoms with Gasteiger partial charge in [0.1, 0.15) is 0 Å². The number of carbonyl (C=O) groups is 1. The second-order valence-electron chi connectivity index (χ2n) is 5.62.